The molecule has 0 saturated carbocycles. The average Bonchev–Trinajstić information content (AvgIpc) is 2.97. The summed E-state index contributed by atoms with van der Waals surface area (Å²) in [6.07, 6.45) is 1.54. The Morgan fingerprint density at radius 1 is 1.12 bits per heavy atom. The second-order valence-electron chi connectivity index (χ2n) is 5.16. The first kappa shape index (κ1) is 21.0. The Balaban J connectivity index is 0.00000243. The van der Waals surface area contributed by atoms with Crippen LogP contribution in [0.15, 0.2) is 59.8 Å². The van der Waals surface area contributed by atoms with Gasteiger partial charge in [0.15, 0.2) is 5.15 Å². The molecule has 0 radical (unpaired) electrons. The van der Waals surface area contributed by atoms with E-state index in [0.29, 0.717) is 23.1 Å². The maximum Gasteiger partial charge on any atom is 1.00 e. The molecule has 0 bridgehead atoms. The minimum Gasteiger partial charge on any atom is -0.744 e. The van der Waals surface area contributed by atoms with E-state index in [9.17, 15) is 13.0 Å². The van der Waals surface area contributed by atoms with Crippen molar-refractivity contribution in [2.75, 3.05) is 6.61 Å². The summed E-state index contributed by atoms with van der Waals surface area (Å²) in [5, 5.41) is 0.310. The van der Waals surface area contributed by atoms with E-state index in [1.54, 1.807) is 4.57 Å². The van der Waals surface area contributed by atoms with Crippen LogP contribution >= 0.6 is 11.6 Å². The van der Waals surface area contributed by atoms with Crippen LogP contribution in [-0.2, 0) is 10.1 Å². The Bertz CT molecular complexity index is 987. The quantitative estimate of drug-likeness (QED) is 0.460. The van der Waals surface area contributed by atoms with Crippen LogP contribution in [0.2, 0.25) is 5.15 Å². The third kappa shape index (κ3) is 4.49. The summed E-state index contributed by atoms with van der Waals surface area (Å²) in [6.45, 7) is 2.48. The van der Waals surface area contributed by atoms with Crippen molar-refractivity contribution in [3.05, 3.63) is 60.0 Å². The van der Waals surface area contributed by atoms with E-state index in [-0.39, 0.29) is 34.5 Å². The second kappa shape index (κ2) is 8.56. The summed E-state index contributed by atoms with van der Waals surface area (Å²) < 4.78 is 40.3. The van der Waals surface area contributed by atoms with Crippen molar-refractivity contribution >= 4 is 21.7 Å². The van der Waals surface area contributed by atoms with Gasteiger partial charge in [0.1, 0.15) is 22.2 Å². The third-order valence-electron chi connectivity index (χ3n) is 3.57. The predicted octanol–water partition coefficient (Wildman–Crippen LogP) is 0.499. The molecule has 26 heavy (non-hydrogen) atoms. The summed E-state index contributed by atoms with van der Waals surface area (Å²) in [5.41, 5.74) is 2.12. The number of hydrogen-bond acceptors (Lipinski definition) is 5. The summed E-state index contributed by atoms with van der Waals surface area (Å²) in [4.78, 5) is 3.83. The molecule has 1 aromatic heterocycles. The molecule has 0 N–H and O–H groups in total. The fraction of sp³-hybridized carbons (Fsp3) is 0.118. The van der Waals surface area contributed by atoms with Crippen LogP contribution in [0.3, 0.4) is 0 Å². The van der Waals surface area contributed by atoms with Gasteiger partial charge in [-0.25, -0.2) is 13.4 Å². The zero-order chi connectivity index (χ0) is 18.0. The normalized spacial score (nSPS) is 11.0. The van der Waals surface area contributed by atoms with Gasteiger partial charge in [-0.3, -0.25) is 4.57 Å². The first-order valence-corrected chi connectivity index (χ1v) is 9.21. The summed E-state index contributed by atoms with van der Waals surface area (Å²) in [5.74, 6) is 0.749. The minimum atomic E-state index is -4.48. The monoisotopic (exact) mass is 400 g/mol. The Labute approximate surface area is 178 Å². The molecule has 0 unspecified atom stereocenters. The van der Waals surface area contributed by atoms with Crippen molar-refractivity contribution in [3.63, 3.8) is 0 Å². The zero-order valence-corrected chi connectivity index (χ0v) is 17.8. The van der Waals surface area contributed by atoms with Gasteiger partial charge in [0, 0.05) is 11.3 Å². The number of imidazole rings is 1. The van der Waals surface area contributed by atoms with Crippen LogP contribution in [0.4, 0.5) is 0 Å². The van der Waals surface area contributed by atoms with Crippen molar-refractivity contribution in [3.8, 4) is 22.7 Å². The average molecular weight is 401 g/mol. The van der Waals surface area contributed by atoms with Crippen LogP contribution in [0.25, 0.3) is 16.9 Å². The number of nitrogens with zero attached hydrogens (tertiary/aromatic N) is 2. The molecule has 130 valence electrons. The van der Waals surface area contributed by atoms with Crippen LogP contribution in [0.1, 0.15) is 6.92 Å². The van der Waals surface area contributed by atoms with E-state index < -0.39 is 10.1 Å². The van der Waals surface area contributed by atoms with Gasteiger partial charge in [-0.2, -0.15) is 0 Å². The molecule has 0 aliphatic carbocycles. The molecular formula is C17H14ClN2NaO4S. The molecule has 3 aromatic rings. The Morgan fingerprint density at radius 2 is 1.73 bits per heavy atom. The molecule has 0 atom stereocenters. The van der Waals surface area contributed by atoms with E-state index in [2.05, 4.69) is 4.98 Å². The van der Waals surface area contributed by atoms with Crippen molar-refractivity contribution < 1.29 is 47.3 Å². The van der Waals surface area contributed by atoms with E-state index in [1.807, 2.05) is 31.2 Å². The van der Waals surface area contributed by atoms with Gasteiger partial charge >= 0.3 is 29.6 Å². The molecule has 6 nitrogen and oxygen atoms in total. The van der Waals surface area contributed by atoms with Gasteiger partial charge in [0.05, 0.1) is 17.2 Å². The molecule has 9 heteroatoms. The molecule has 0 saturated heterocycles. The van der Waals surface area contributed by atoms with Gasteiger partial charge in [-0.15, -0.1) is 0 Å². The number of aromatic nitrogens is 2. The predicted molar refractivity (Wildman–Crippen MR) is 93.1 cm³/mol. The Kier molecular flexibility index (Phi) is 6.90. The number of ether oxygens (including phenoxy) is 1. The molecule has 0 aliphatic rings. The SMILES string of the molecule is CCOc1ccc(-c2c(Cl)ncn2-c2ccc(S(=O)(=O)[O-])cc2)cc1.[Na+]. The minimum absolute atomic E-state index is 0. The molecular weight excluding hydrogens is 387 g/mol. The van der Waals surface area contributed by atoms with Crippen molar-refractivity contribution in [1.82, 2.24) is 9.55 Å². The van der Waals surface area contributed by atoms with Gasteiger partial charge < -0.3 is 9.29 Å². The molecule has 3 rings (SSSR count). The van der Waals surface area contributed by atoms with Gasteiger partial charge in [0.25, 0.3) is 0 Å². The van der Waals surface area contributed by atoms with Gasteiger partial charge in [-0.05, 0) is 55.5 Å². The fourth-order valence-electron chi connectivity index (χ4n) is 2.43. The largest absolute Gasteiger partial charge is 1.00 e. The molecule has 0 spiro atoms. The van der Waals surface area contributed by atoms with E-state index in [0.717, 1.165) is 11.3 Å². The Hall–Kier alpha value is -1.35. The van der Waals surface area contributed by atoms with Crippen LogP contribution in [0.5, 0.6) is 5.75 Å². The van der Waals surface area contributed by atoms with Crippen molar-refractivity contribution in [2.24, 2.45) is 0 Å². The van der Waals surface area contributed by atoms with Crippen molar-refractivity contribution in [1.29, 1.82) is 0 Å². The summed E-state index contributed by atoms with van der Waals surface area (Å²) in [7, 11) is -4.48. The maximum atomic E-state index is 11.1. The van der Waals surface area contributed by atoms with Crippen LogP contribution < -0.4 is 34.3 Å². The molecule has 0 aliphatic heterocycles. The van der Waals surface area contributed by atoms with Crippen LogP contribution in [0, 0.1) is 0 Å². The summed E-state index contributed by atoms with van der Waals surface area (Å²) in [6, 6.07) is 13.0. The zero-order valence-electron chi connectivity index (χ0n) is 14.2. The topological polar surface area (TPSA) is 84.2 Å². The summed E-state index contributed by atoms with van der Waals surface area (Å²) >= 11 is 6.23. The molecule has 2 aromatic carbocycles. The first-order valence-electron chi connectivity index (χ1n) is 7.42. The number of benzene rings is 2. The molecule has 0 fully saturated rings. The number of hydrogen-bond donors (Lipinski definition) is 0. The molecule has 1 heterocycles. The standard InChI is InChI=1S/C17H15ClN2O4S.Na/c1-2-24-14-7-3-12(4-8-14)16-17(18)19-11-20(16)13-5-9-15(10-6-13)25(21,22)23;/h3-11H,2H2,1H3,(H,21,22,23);/q;+1/p-1. The maximum absolute atomic E-state index is 11.1. The van der Waals surface area contributed by atoms with E-state index >= 15 is 0 Å². The smallest absolute Gasteiger partial charge is 0.744 e. The number of halogens is 1. The van der Waals surface area contributed by atoms with E-state index in [4.69, 9.17) is 16.3 Å². The van der Waals surface area contributed by atoms with Gasteiger partial charge in [-0.1, -0.05) is 11.6 Å². The van der Waals surface area contributed by atoms with Crippen molar-refractivity contribution in [2.45, 2.75) is 11.8 Å². The number of rotatable bonds is 5. The first-order chi connectivity index (χ1) is 11.9. The van der Waals surface area contributed by atoms with Crippen LogP contribution in [-0.4, -0.2) is 29.1 Å². The fourth-order valence-corrected chi connectivity index (χ4v) is 3.14. The van der Waals surface area contributed by atoms with Gasteiger partial charge in [0.2, 0.25) is 0 Å². The molecule has 0 amide bonds. The van der Waals surface area contributed by atoms with E-state index in [1.165, 1.54) is 30.6 Å². The Morgan fingerprint density at radius 3 is 2.27 bits per heavy atom. The third-order valence-corrected chi connectivity index (χ3v) is 4.69. The second-order valence-corrected chi connectivity index (χ2v) is 6.90.